The molecule has 0 aromatic carbocycles. The lowest BCUT2D eigenvalue weighted by Crippen LogP contribution is -2.33. The Morgan fingerprint density at radius 3 is 2.33 bits per heavy atom. The van der Waals surface area contributed by atoms with Crippen LogP contribution in [-0.2, 0) is 9.59 Å². The minimum atomic E-state index is 0.0305. The average Bonchev–Trinajstić information content (AvgIpc) is 2.69. The summed E-state index contributed by atoms with van der Waals surface area (Å²) in [6, 6.07) is 0. The average molecular weight is 253 g/mol. The molecule has 0 aromatic heterocycles. The van der Waals surface area contributed by atoms with Crippen LogP contribution >= 0.6 is 0 Å². The fraction of sp³-hybridized carbons (Fsp3) is 0.867. The Labute approximate surface area is 111 Å². The molecule has 0 bridgehead atoms. The van der Waals surface area contributed by atoms with E-state index in [0.717, 1.165) is 19.3 Å². The molecule has 1 heterocycles. The molecule has 1 saturated heterocycles. The summed E-state index contributed by atoms with van der Waals surface area (Å²) in [7, 11) is 0. The molecular formula is C15H27NO2. The molecule has 0 N–H and O–H groups in total. The van der Waals surface area contributed by atoms with Crippen molar-refractivity contribution in [3.05, 3.63) is 0 Å². The number of likely N-dealkylation sites (tertiary alicyclic amines) is 1. The predicted octanol–water partition coefficient (Wildman–Crippen LogP) is 3.52. The first-order chi connectivity index (χ1) is 8.66. The van der Waals surface area contributed by atoms with Crippen LogP contribution in [-0.4, -0.2) is 23.3 Å². The summed E-state index contributed by atoms with van der Waals surface area (Å²) in [6.07, 6.45) is 9.84. The summed E-state index contributed by atoms with van der Waals surface area (Å²) in [5.41, 5.74) is 0. The number of nitrogens with zero attached hydrogens (tertiary/aromatic N) is 1. The first-order valence-corrected chi connectivity index (χ1v) is 7.51. The summed E-state index contributed by atoms with van der Waals surface area (Å²) in [5.74, 6) is 0.115. The van der Waals surface area contributed by atoms with Crippen LogP contribution in [0, 0.1) is 5.92 Å². The number of imide groups is 1. The highest BCUT2D eigenvalue weighted by Gasteiger charge is 2.31. The number of amides is 2. The van der Waals surface area contributed by atoms with Crippen LogP contribution in [0.15, 0.2) is 0 Å². The molecule has 2 amide bonds. The van der Waals surface area contributed by atoms with Crippen molar-refractivity contribution in [2.75, 3.05) is 6.54 Å². The van der Waals surface area contributed by atoms with Crippen molar-refractivity contribution in [1.29, 1.82) is 0 Å². The van der Waals surface area contributed by atoms with Gasteiger partial charge in [-0.2, -0.15) is 0 Å². The largest absolute Gasteiger partial charge is 0.282 e. The SMILES string of the molecule is CCCCCCCCCC(=O)N1CCC(C)C1=O. The Morgan fingerprint density at radius 1 is 1.17 bits per heavy atom. The van der Waals surface area contributed by atoms with Crippen molar-refractivity contribution >= 4 is 11.8 Å². The van der Waals surface area contributed by atoms with Crippen LogP contribution in [0.4, 0.5) is 0 Å². The van der Waals surface area contributed by atoms with Gasteiger partial charge < -0.3 is 0 Å². The van der Waals surface area contributed by atoms with Crippen LogP contribution in [0.1, 0.15) is 71.6 Å². The molecule has 1 aliphatic heterocycles. The molecule has 0 saturated carbocycles. The van der Waals surface area contributed by atoms with E-state index >= 15 is 0 Å². The zero-order valence-corrected chi connectivity index (χ0v) is 11.9. The van der Waals surface area contributed by atoms with E-state index in [1.54, 1.807) is 0 Å². The Hall–Kier alpha value is -0.860. The fourth-order valence-electron chi connectivity index (χ4n) is 2.44. The van der Waals surface area contributed by atoms with Gasteiger partial charge in [-0.1, -0.05) is 52.4 Å². The molecule has 104 valence electrons. The summed E-state index contributed by atoms with van der Waals surface area (Å²) in [6.45, 7) is 4.76. The first kappa shape index (κ1) is 15.2. The van der Waals surface area contributed by atoms with E-state index in [0.29, 0.717) is 13.0 Å². The van der Waals surface area contributed by atoms with Gasteiger partial charge in [-0.15, -0.1) is 0 Å². The fourth-order valence-corrected chi connectivity index (χ4v) is 2.44. The van der Waals surface area contributed by atoms with E-state index in [1.165, 1.54) is 37.0 Å². The number of carbonyl (C=O) groups is 2. The van der Waals surface area contributed by atoms with Gasteiger partial charge in [-0.3, -0.25) is 14.5 Å². The van der Waals surface area contributed by atoms with E-state index in [4.69, 9.17) is 0 Å². The highest BCUT2D eigenvalue weighted by Crippen LogP contribution is 2.19. The van der Waals surface area contributed by atoms with Crippen molar-refractivity contribution in [2.24, 2.45) is 5.92 Å². The number of rotatable bonds is 8. The third-order valence-corrected chi connectivity index (χ3v) is 3.77. The molecular weight excluding hydrogens is 226 g/mol. The summed E-state index contributed by atoms with van der Waals surface area (Å²) in [4.78, 5) is 25.0. The predicted molar refractivity (Wildman–Crippen MR) is 73.1 cm³/mol. The summed E-state index contributed by atoms with van der Waals surface area (Å²) >= 11 is 0. The molecule has 0 aromatic rings. The third-order valence-electron chi connectivity index (χ3n) is 3.77. The maximum Gasteiger partial charge on any atom is 0.232 e. The molecule has 0 spiro atoms. The van der Waals surface area contributed by atoms with Gasteiger partial charge >= 0.3 is 0 Å². The number of carbonyl (C=O) groups excluding carboxylic acids is 2. The second-order valence-electron chi connectivity index (χ2n) is 5.44. The maximum atomic E-state index is 11.8. The topological polar surface area (TPSA) is 37.4 Å². The van der Waals surface area contributed by atoms with Gasteiger partial charge in [0.15, 0.2) is 0 Å². The lowest BCUT2D eigenvalue weighted by Gasteiger charge is -2.13. The Bertz CT molecular complexity index is 276. The molecule has 1 atom stereocenters. The van der Waals surface area contributed by atoms with Crippen LogP contribution in [0.5, 0.6) is 0 Å². The zero-order chi connectivity index (χ0) is 13.4. The second kappa shape index (κ2) is 8.28. The van der Waals surface area contributed by atoms with Gasteiger partial charge in [0, 0.05) is 18.9 Å². The van der Waals surface area contributed by atoms with Crippen LogP contribution in [0.3, 0.4) is 0 Å². The van der Waals surface area contributed by atoms with Gasteiger partial charge in [0.05, 0.1) is 0 Å². The van der Waals surface area contributed by atoms with Crippen molar-refractivity contribution < 1.29 is 9.59 Å². The lowest BCUT2D eigenvalue weighted by atomic mass is 10.1. The van der Waals surface area contributed by atoms with Crippen molar-refractivity contribution in [2.45, 2.75) is 71.6 Å². The second-order valence-corrected chi connectivity index (χ2v) is 5.44. The lowest BCUT2D eigenvalue weighted by molar-refractivity contribution is -0.143. The highest BCUT2D eigenvalue weighted by molar-refractivity contribution is 5.97. The summed E-state index contributed by atoms with van der Waals surface area (Å²) in [5, 5.41) is 0. The van der Waals surface area contributed by atoms with Crippen molar-refractivity contribution in [3.63, 3.8) is 0 Å². The maximum absolute atomic E-state index is 11.8. The van der Waals surface area contributed by atoms with E-state index in [-0.39, 0.29) is 17.7 Å². The Balaban J connectivity index is 2.05. The van der Waals surface area contributed by atoms with Crippen LogP contribution in [0.2, 0.25) is 0 Å². The molecule has 0 aliphatic carbocycles. The standard InChI is InChI=1S/C15H27NO2/c1-3-4-5-6-7-8-9-10-14(17)16-12-11-13(2)15(16)18/h13H,3-12H2,1-2H3. The molecule has 1 unspecified atom stereocenters. The molecule has 1 rings (SSSR count). The molecule has 1 fully saturated rings. The smallest absolute Gasteiger partial charge is 0.232 e. The van der Waals surface area contributed by atoms with Crippen molar-refractivity contribution in [3.8, 4) is 0 Å². The molecule has 0 radical (unpaired) electrons. The number of hydrogen-bond donors (Lipinski definition) is 0. The van der Waals surface area contributed by atoms with Crippen LogP contribution in [0.25, 0.3) is 0 Å². The number of unbranched alkanes of at least 4 members (excludes halogenated alkanes) is 6. The third kappa shape index (κ3) is 4.79. The zero-order valence-electron chi connectivity index (χ0n) is 11.9. The quantitative estimate of drug-likeness (QED) is 0.621. The molecule has 3 heteroatoms. The highest BCUT2D eigenvalue weighted by atomic mass is 16.2. The Kier molecular flexibility index (Phi) is 6.99. The van der Waals surface area contributed by atoms with Gasteiger partial charge in [-0.05, 0) is 12.8 Å². The van der Waals surface area contributed by atoms with Gasteiger partial charge in [0.1, 0.15) is 0 Å². The van der Waals surface area contributed by atoms with Crippen molar-refractivity contribution in [1.82, 2.24) is 4.90 Å². The van der Waals surface area contributed by atoms with E-state index < -0.39 is 0 Å². The van der Waals surface area contributed by atoms with E-state index in [1.807, 2.05) is 6.92 Å². The molecule has 3 nitrogen and oxygen atoms in total. The Morgan fingerprint density at radius 2 is 1.78 bits per heavy atom. The van der Waals surface area contributed by atoms with E-state index in [2.05, 4.69) is 6.92 Å². The first-order valence-electron chi connectivity index (χ1n) is 7.51. The van der Waals surface area contributed by atoms with Gasteiger partial charge in [0.2, 0.25) is 11.8 Å². The minimum absolute atomic E-state index is 0.0305. The van der Waals surface area contributed by atoms with Gasteiger partial charge in [-0.25, -0.2) is 0 Å². The normalized spacial score (nSPS) is 19.6. The molecule has 18 heavy (non-hydrogen) atoms. The molecule has 1 aliphatic rings. The summed E-state index contributed by atoms with van der Waals surface area (Å²) < 4.78 is 0. The number of hydrogen-bond acceptors (Lipinski definition) is 2. The van der Waals surface area contributed by atoms with Crippen LogP contribution < -0.4 is 0 Å². The van der Waals surface area contributed by atoms with Gasteiger partial charge in [0.25, 0.3) is 0 Å². The van der Waals surface area contributed by atoms with E-state index in [9.17, 15) is 9.59 Å². The minimum Gasteiger partial charge on any atom is -0.282 e. The monoisotopic (exact) mass is 253 g/mol.